The molecule has 0 spiro atoms. The summed E-state index contributed by atoms with van der Waals surface area (Å²) in [6.45, 7) is 0. The third-order valence-corrected chi connectivity index (χ3v) is 5.02. The second-order valence-electron chi connectivity index (χ2n) is 6.59. The summed E-state index contributed by atoms with van der Waals surface area (Å²) in [6.07, 6.45) is 0. The molecule has 2 heteroatoms. The van der Waals surface area contributed by atoms with Gasteiger partial charge in [-0.1, -0.05) is 84.9 Å². The summed E-state index contributed by atoms with van der Waals surface area (Å²) in [7, 11) is 0. The molecule has 0 saturated heterocycles. The molecule has 128 valence electrons. The Morgan fingerprint density at radius 1 is 0.556 bits per heavy atom. The average molecular weight is 347 g/mol. The third kappa shape index (κ3) is 2.46. The summed E-state index contributed by atoms with van der Waals surface area (Å²) in [4.78, 5) is 13.7. The van der Waals surface area contributed by atoms with Gasteiger partial charge >= 0.3 is 0 Å². The first-order valence-electron chi connectivity index (χ1n) is 9.02. The predicted octanol–water partition coefficient (Wildman–Crippen LogP) is 5.81. The van der Waals surface area contributed by atoms with Crippen molar-refractivity contribution in [2.75, 3.05) is 0 Å². The second-order valence-corrected chi connectivity index (χ2v) is 6.59. The maximum atomic E-state index is 13.7. The van der Waals surface area contributed by atoms with Crippen LogP contribution in [0.1, 0.15) is 0 Å². The Balaban J connectivity index is 2.01. The van der Waals surface area contributed by atoms with Crippen molar-refractivity contribution >= 4 is 21.7 Å². The minimum atomic E-state index is 0.00866. The predicted molar refractivity (Wildman–Crippen MR) is 112 cm³/mol. The SMILES string of the molecule is O=c1c2c(-c3ccccc3)cccc2c2ccccc2n1-c1ccccc1. The van der Waals surface area contributed by atoms with Crippen LogP contribution in [0.25, 0.3) is 38.5 Å². The summed E-state index contributed by atoms with van der Waals surface area (Å²) >= 11 is 0. The quantitative estimate of drug-likeness (QED) is 0.369. The number of pyridine rings is 1. The molecule has 2 nitrogen and oxygen atoms in total. The molecule has 0 radical (unpaired) electrons. The molecule has 0 aliphatic carbocycles. The van der Waals surface area contributed by atoms with Gasteiger partial charge in [-0.25, -0.2) is 0 Å². The van der Waals surface area contributed by atoms with Gasteiger partial charge in [-0.3, -0.25) is 9.36 Å². The van der Waals surface area contributed by atoms with Crippen molar-refractivity contribution in [3.63, 3.8) is 0 Å². The van der Waals surface area contributed by atoms with Crippen LogP contribution in [0, 0.1) is 0 Å². The molecule has 0 unspecified atom stereocenters. The number of benzene rings is 4. The van der Waals surface area contributed by atoms with Crippen LogP contribution in [0.2, 0.25) is 0 Å². The molecule has 1 aromatic heterocycles. The van der Waals surface area contributed by atoms with Crippen molar-refractivity contribution in [1.82, 2.24) is 4.57 Å². The summed E-state index contributed by atoms with van der Waals surface area (Å²) in [6, 6.07) is 34.2. The molecule has 0 atom stereocenters. The van der Waals surface area contributed by atoms with Gasteiger partial charge in [-0.05, 0) is 34.7 Å². The van der Waals surface area contributed by atoms with E-state index in [1.54, 1.807) is 0 Å². The number of fused-ring (bicyclic) bond motifs is 3. The van der Waals surface area contributed by atoms with Gasteiger partial charge in [-0.15, -0.1) is 0 Å². The fourth-order valence-corrected chi connectivity index (χ4v) is 3.82. The monoisotopic (exact) mass is 347 g/mol. The van der Waals surface area contributed by atoms with E-state index in [-0.39, 0.29) is 5.56 Å². The summed E-state index contributed by atoms with van der Waals surface area (Å²) < 4.78 is 1.82. The zero-order chi connectivity index (χ0) is 18.2. The average Bonchev–Trinajstić information content (AvgIpc) is 2.75. The van der Waals surface area contributed by atoms with Crippen molar-refractivity contribution in [1.29, 1.82) is 0 Å². The number of hydrogen-bond acceptors (Lipinski definition) is 1. The zero-order valence-electron chi connectivity index (χ0n) is 14.7. The molecule has 0 aliphatic heterocycles. The Morgan fingerprint density at radius 2 is 1.19 bits per heavy atom. The number of hydrogen-bond donors (Lipinski definition) is 0. The highest BCUT2D eigenvalue weighted by atomic mass is 16.1. The van der Waals surface area contributed by atoms with Gasteiger partial charge in [-0.2, -0.15) is 0 Å². The number of rotatable bonds is 2. The zero-order valence-corrected chi connectivity index (χ0v) is 14.7. The van der Waals surface area contributed by atoms with Crippen LogP contribution in [0.15, 0.2) is 108 Å². The number of aromatic nitrogens is 1. The molecule has 0 amide bonds. The topological polar surface area (TPSA) is 22.0 Å². The molecule has 0 bridgehead atoms. The summed E-state index contributed by atoms with van der Waals surface area (Å²) in [5.74, 6) is 0. The Bertz CT molecular complexity index is 1320. The van der Waals surface area contributed by atoms with E-state index in [0.29, 0.717) is 0 Å². The molecule has 27 heavy (non-hydrogen) atoms. The van der Waals surface area contributed by atoms with Crippen molar-refractivity contribution in [3.05, 3.63) is 113 Å². The van der Waals surface area contributed by atoms with Gasteiger partial charge in [0.2, 0.25) is 0 Å². The standard InChI is InChI=1S/C25H17NO/c27-25-24-20(18-10-3-1-4-11-18)15-9-16-22(24)21-14-7-8-17-23(21)26(25)19-12-5-2-6-13-19/h1-17H. The highest BCUT2D eigenvalue weighted by Crippen LogP contribution is 2.31. The van der Waals surface area contributed by atoms with Gasteiger partial charge in [0.25, 0.3) is 5.56 Å². The highest BCUT2D eigenvalue weighted by Gasteiger charge is 2.15. The lowest BCUT2D eigenvalue weighted by Crippen LogP contribution is -2.19. The molecule has 0 saturated carbocycles. The lowest BCUT2D eigenvalue weighted by atomic mass is 9.97. The minimum Gasteiger partial charge on any atom is -0.276 e. The number of nitrogens with zero attached hydrogens (tertiary/aromatic N) is 1. The lowest BCUT2D eigenvalue weighted by molar-refractivity contribution is 1.06. The molecule has 0 aliphatic rings. The Labute approximate surface area is 157 Å². The van der Waals surface area contributed by atoms with E-state index in [2.05, 4.69) is 18.2 Å². The van der Waals surface area contributed by atoms with E-state index in [4.69, 9.17) is 0 Å². The van der Waals surface area contributed by atoms with E-state index in [1.165, 1.54) is 0 Å². The smallest absolute Gasteiger partial charge is 0.264 e. The van der Waals surface area contributed by atoms with Crippen LogP contribution in [0.4, 0.5) is 0 Å². The first kappa shape index (κ1) is 15.6. The summed E-state index contributed by atoms with van der Waals surface area (Å²) in [5.41, 5.74) is 3.83. The molecular weight excluding hydrogens is 330 g/mol. The molecule has 0 N–H and O–H groups in total. The molecular formula is C25H17NO. The van der Waals surface area contributed by atoms with E-state index in [0.717, 1.165) is 38.5 Å². The van der Waals surface area contributed by atoms with E-state index < -0.39 is 0 Å². The van der Waals surface area contributed by atoms with E-state index in [9.17, 15) is 4.79 Å². The minimum absolute atomic E-state index is 0.00866. The Hall–Kier alpha value is -3.65. The fraction of sp³-hybridized carbons (Fsp3) is 0. The molecule has 1 heterocycles. The molecule has 0 fully saturated rings. The van der Waals surface area contributed by atoms with Crippen LogP contribution >= 0.6 is 0 Å². The van der Waals surface area contributed by atoms with E-state index in [1.807, 2.05) is 89.5 Å². The summed E-state index contributed by atoms with van der Waals surface area (Å²) in [5, 5.41) is 2.82. The van der Waals surface area contributed by atoms with Crippen LogP contribution < -0.4 is 5.56 Å². The van der Waals surface area contributed by atoms with Crippen molar-refractivity contribution in [3.8, 4) is 16.8 Å². The van der Waals surface area contributed by atoms with Crippen molar-refractivity contribution < 1.29 is 0 Å². The lowest BCUT2D eigenvalue weighted by Gasteiger charge is -2.15. The van der Waals surface area contributed by atoms with E-state index >= 15 is 0 Å². The Kier molecular flexibility index (Phi) is 3.61. The molecule has 5 rings (SSSR count). The largest absolute Gasteiger partial charge is 0.276 e. The van der Waals surface area contributed by atoms with Crippen LogP contribution in [-0.4, -0.2) is 4.57 Å². The van der Waals surface area contributed by atoms with Crippen molar-refractivity contribution in [2.24, 2.45) is 0 Å². The number of para-hydroxylation sites is 2. The van der Waals surface area contributed by atoms with Gasteiger partial charge in [0.15, 0.2) is 0 Å². The van der Waals surface area contributed by atoms with Crippen molar-refractivity contribution in [2.45, 2.75) is 0 Å². The normalized spacial score (nSPS) is 11.1. The van der Waals surface area contributed by atoms with Gasteiger partial charge in [0.05, 0.1) is 10.9 Å². The maximum absolute atomic E-state index is 13.7. The molecule has 4 aromatic carbocycles. The Morgan fingerprint density at radius 3 is 1.96 bits per heavy atom. The fourth-order valence-electron chi connectivity index (χ4n) is 3.82. The van der Waals surface area contributed by atoms with Gasteiger partial charge < -0.3 is 0 Å². The molecule has 5 aromatic rings. The van der Waals surface area contributed by atoms with Gasteiger partial charge in [0.1, 0.15) is 0 Å². The van der Waals surface area contributed by atoms with Crippen LogP contribution in [0.3, 0.4) is 0 Å². The van der Waals surface area contributed by atoms with Crippen LogP contribution in [0.5, 0.6) is 0 Å². The second kappa shape index (κ2) is 6.26. The van der Waals surface area contributed by atoms with Crippen LogP contribution in [-0.2, 0) is 0 Å². The third-order valence-electron chi connectivity index (χ3n) is 5.02. The first-order valence-corrected chi connectivity index (χ1v) is 9.02. The highest BCUT2D eigenvalue weighted by molar-refractivity contribution is 6.10. The van der Waals surface area contributed by atoms with Gasteiger partial charge in [0, 0.05) is 11.1 Å². The first-order chi connectivity index (χ1) is 13.3. The maximum Gasteiger partial charge on any atom is 0.264 e.